The molecule has 1 saturated heterocycles. The van der Waals surface area contributed by atoms with Gasteiger partial charge < -0.3 is 14.4 Å². The number of carbonyl (C=O) groups is 1. The number of fused-ring (bicyclic) bond motifs is 1. The Morgan fingerprint density at radius 2 is 1.79 bits per heavy atom. The van der Waals surface area contributed by atoms with E-state index in [1.807, 2.05) is 23.1 Å². The van der Waals surface area contributed by atoms with Crippen LogP contribution in [0.25, 0.3) is 11.0 Å². The number of imidazole rings is 1. The zero-order valence-corrected chi connectivity index (χ0v) is 17.4. The van der Waals surface area contributed by atoms with Gasteiger partial charge in [0.1, 0.15) is 5.82 Å². The molecule has 0 radical (unpaired) electrons. The van der Waals surface area contributed by atoms with E-state index >= 15 is 0 Å². The summed E-state index contributed by atoms with van der Waals surface area (Å²) in [6, 6.07) is 14.7. The Hall–Kier alpha value is -2.54. The Balaban J connectivity index is 1.35. The first kappa shape index (κ1) is 19.8. The van der Waals surface area contributed by atoms with E-state index in [0.717, 1.165) is 47.9 Å². The number of halogens is 1. The van der Waals surface area contributed by atoms with Gasteiger partial charge >= 0.3 is 0 Å². The molecule has 0 bridgehead atoms. The third-order valence-corrected chi connectivity index (χ3v) is 6.18. The molecule has 2 heterocycles. The fourth-order valence-electron chi connectivity index (χ4n) is 3.69. The summed E-state index contributed by atoms with van der Waals surface area (Å²) in [5.74, 6) is 0.307. The summed E-state index contributed by atoms with van der Waals surface area (Å²) in [5.41, 5.74) is 3.10. The largest absolute Gasteiger partial charge is 0.368 e. The average Bonchev–Trinajstić information content (AvgIpc) is 3.10. The minimum atomic E-state index is -0.228. The molecule has 0 atom stereocenters. The Bertz CT molecular complexity index is 980. The average molecular weight is 413 g/mol. The Kier molecular flexibility index (Phi) is 6.04. The lowest BCUT2D eigenvalue weighted by Crippen LogP contribution is -2.49. The minimum Gasteiger partial charge on any atom is -0.368 e. The highest BCUT2D eigenvalue weighted by Gasteiger charge is 2.22. The molecule has 1 aromatic heterocycles. The van der Waals surface area contributed by atoms with Crippen LogP contribution in [-0.2, 0) is 11.3 Å². The SMILES string of the molecule is CCCn1c(SCC(=O)N2CCN(c3ccc(F)cc3)CC2)nc2ccccc21. The van der Waals surface area contributed by atoms with Crippen LogP contribution >= 0.6 is 11.8 Å². The number of aryl methyl sites for hydroxylation is 1. The quantitative estimate of drug-likeness (QED) is 0.574. The lowest BCUT2D eigenvalue weighted by Gasteiger charge is -2.36. The Morgan fingerprint density at radius 1 is 1.07 bits per heavy atom. The van der Waals surface area contributed by atoms with E-state index in [1.165, 1.54) is 23.9 Å². The predicted molar refractivity (Wildman–Crippen MR) is 116 cm³/mol. The van der Waals surface area contributed by atoms with Gasteiger partial charge in [-0.2, -0.15) is 0 Å². The van der Waals surface area contributed by atoms with Gasteiger partial charge in [0.2, 0.25) is 5.91 Å². The number of piperazine rings is 1. The van der Waals surface area contributed by atoms with Gasteiger partial charge in [-0.25, -0.2) is 9.37 Å². The van der Waals surface area contributed by atoms with Crippen molar-refractivity contribution in [1.29, 1.82) is 0 Å². The summed E-state index contributed by atoms with van der Waals surface area (Å²) >= 11 is 1.52. The van der Waals surface area contributed by atoms with Crippen LogP contribution in [0.15, 0.2) is 53.7 Å². The topological polar surface area (TPSA) is 41.4 Å². The van der Waals surface area contributed by atoms with Gasteiger partial charge in [0.25, 0.3) is 0 Å². The molecule has 0 unspecified atom stereocenters. The number of amides is 1. The van der Waals surface area contributed by atoms with E-state index in [1.54, 1.807) is 12.1 Å². The summed E-state index contributed by atoms with van der Waals surface area (Å²) in [6.07, 6.45) is 1.02. The molecule has 0 spiro atoms. The highest BCUT2D eigenvalue weighted by atomic mass is 32.2. The van der Waals surface area contributed by atoms with Crippen LogP contribution in [0.2, 0.25) is 0 Å². The zero-order chi connectivity index (χ0) is 20.2. The molecule has 4 rings (SSSR count). The number of nitrogens with zero attached hydrogens (tertiary/aromatic N) is 4. The van der Waals surface area contributed by atoms with Crippen LogP contribution in [0, 0.1) is 5.82 Å². The van der Waals surface area contributed by atoms with E-state index in [2.05, 4.69) is 22.5 Å². The summed E-state index contributed by atoms with van der Waals surface area (Å²) in [4.78, 5) is 21.6. The molecule has 1 amide bonds. The second kappa shape index (κ2) is 8.86. The van der Waals surface area contributed by atoms with Crippen LogP contribution in [0.5, 0.6) is 0 Å². The second-order valence-corrected chi connectivity index (χ2v) is 8.11. The molecular weight excluding hydrogens is 387 g/mol. The van der Waals surface area contributed by atoms with Crippen molar-refractivity contribution in [1.82, 2.24) is 14.5 Å². The van der Waals surface area contributed by atoms with E-state index in [-0.39, 0.29) is 11.7 Å². The van der Waals surface area contributed by atoms with Crippen LogP contribution in [-0.4, -0.2) is 52.3 Å². The number of thioether (sulfide) groups is 1. The van der Waals surface area contributed by atoms with Crippen molar-refractivity contribution < 1.29 is 9.18 Å². The van der Waals surface area contributed by atoms with Crippen molar-refractivity contribution >= 4 is 34.4 Å². The molecule has 7 heteroatoms. The third kappa shape index (κ3) is 4.40. The summed E-state index contributed by atoms with van der Waals surface area (Å²) in [6.45, 7) is 5.93. The van der Waals surface area contributed by atoms with Gasteiger partial charge in [0, 0.05) is 38.4 Å². The van der Waals surface area contributed by atoms with Crippen molar-refractivity contribution in [3.63, 3.8) is 0 Å². The van der Waals surface area contributed by atoms with Crippen molar-refractivity contribution in [2.75, 3.05) is 36.8 Å². The van der Waals surface area contributed by atoms with Gasteiger partial charge in [-0.05, 0) is 42.8 Å². The monoisotopic (exact) mass is 412 g/mol. The van der Waals surface area contributed by atoms with E-state index in [0.29, 0.717) is 18.8 Å². The van der Waals surface area contributed by atoms with Crippen LogP contribution in [0.1, 0.15) is 13.3 Å². The molecule has 29 heavy (non-hydrogen) atoms. The first-order valence-corrected chi connectivity index (χ1v) is 11.0. The molecule has 152 valence electrons. The molecule has 3 aromatic rings. The second-order valence-electron chi connectivity index (χ2n) is 7.17. The van der Waals surface area contributed by atoms with E-state index < -0.39 is 0 Å². The predicted octanol–water partition coefficient (Wildman–Crippen LogP) is 4.03. The highest BCUT2D eigenvalue weighted by molar-refractivity contribution is 7.99. The molecule has 0 aliphatic carbocycles. The van der Waals surface area contributed by atoms with Crippen LogP contribution in [0.4, 0.5) is 10.1 Å². The molecule has 5 nitrogen and oxygen atoms in total. The van der Waals surface area contributed by atoms with Crippen molar-refractivity contribution in [2.24, 2.45) is 0 Å². The Morgan fingerprint density at radius 3 is 2.52 bits per heavy atom. The molecule has 2 aromatic carbocycles. The van der Waals surface area contributed by atoms with E-state index in [9.17, 15) is 9.18 Å². The summed E-state index contributed by atoms with van der Waals surface area (Å²) in [7, 11) is 0. The number of rotatable bonds is 6. The molecular formula is C22H25FN4OS. The van der Waals surface area contributed by atoms with Crippen molar-refractivity contribution in [3.8, 4) is 0 Å². The van der Waals surface area contributed by atoms with Gasteiger partial charge in [0.05, 0.1) is 16.8 Å². The fourth-order valence-corrected chi connectivity index (χ4v) is 4.63. The van der Waals surface area contributed by atoms with Gasteiger partial charge in [-0.3, -0.25) is 4.79 Å². The van der Waals surface area contributed by atoms with Gasteiger partial charge in [-0.15, -0.1) is 0 Å². The molecule has 1 aliphatic rings. The Labute approximate surface area is 174 Å². The van der Waals surface area contributed by atoms with Crippen molar-refractivity contribution in [3.05, 3.63) is 54.3 Å². The molecule has 1 fully saturated rings. The minimum absolute atomic E-state index is 0.142. The fraction of sp³-hybridized carbons (Fsp3) is 0.364. The lowest BCUT2D eigenvalue weighted by molar-refractivity contribution is -0.128. The smallest absolute Gasteiger partial charge is 0.233 e. The third-order valence-electron chi connectivity index (χ3n) is 5.22. The van der Waals surface area contributed by atoms with Crippen LogP contribution < -0.4 is 4.90 Å². The number of aromatic nitrogens is 2. The van der Waals surface area contributed by atoms with Gasteiger partial charge in [0.15, 0.2) is 5.16 Å². The maximum Gasteiger partial charge on any atom is 0.233 e. The maximum atomic E-state index is 13.1. The molecule has 0 N–H and O–H groups in total. The lowest BCUT2D eigenvalue weighted by atomic mass is 10.2. The zero-order valence-electron chi connectivity index (χ0n) is 16.6. The first-order chi connectivity index (χ1) is 14.2. The van der Waals surface area contributed by atoms with E-state index in [4.69, 9.17) is 4.98 Å². The normalized spacial score (nSPS) is 14.6. The molecule has 1 aliphatic heterocycles. The highest BCUT2D eigenvalue weighted by Crippen LogP contribution is 2.25. The first-order valence-electron chi connectivity index (χ1n) is 10.0. The number of hydrogen-bond acceptors (Lipinski definition) is 4. The van der Waals surface area contributed by atoms with Crippen LogP contribution in [0.3, 0.4) is 0 Å². The number of para-hydroxylation sites is 2. The number of carbonyl (C=O) groups excluding carboxylic acids is 1. The summed E-state index contributed by atoms with van der Waals surface area (Å²) in [5, 5.41) is 0.909. The number of anilines is 1. The standard InChI is InChI=1S/C22H25FN4OS/c1-2-11-27-20-6-4-3-5-19(20)24-22(27)29-16-21(28)26-14-12-25(13-15-26)18-9-7-17(23)8-10-18/h3-10H,2,11-16H2,1H3. The number of hydrogen-bond donors (Lipinski definition) is 0. The number of benzene rings is 2. The maximum absolute atomic E-state index is 13.1. The van der Waals surface area contributed by atoms with Crippen molar-refractivity contribution in [2.45, 2.75) is 25.0 Å². The molecule has 0 saturated carbocycles. The summed E-state index contributed by atoms with van der Waals surface area (Å²) < 4.78 is 15.3. The van der Waals surface area contributed by atoms with Gasteiger partial charge in [-0.1, -0.05) is 30.8 Å².